The summed E-state index contributed by atoms with van der Waals surface area (Å²) in [6.07, 6.45) is 8.37. The highest BCUT2D eigenvalue weighted by molar-refractivity contribution is 5.81. The van der Waals surface area contributed by atoms with E-state index in [9.17, 15) is 4.79 Å². The van der Waals surface area contributed by atoms with Crippen LogP contribution in [0.4, 0.5) is 0 Å². The molecular weight excluding hydrogens is 166 g/mol. The molecule has 1 fully saturated rings. The first-order chi connectivity index (χ1) is 6.24. The number of carbonyl (C=O) groups excluding carboxylic acids is 1. The lowest BCUT2D eigenvalue weighted by Crippen LogP contribution is -2.23. The summed E-state index contributed by atoms with van der Waals surface area (Å²) in [4.78, 5) is 12.9. The molecule has 0 unspecified atom stereocenters. The van der Waals surface area contributed by atoms with Gasteiger partial charge in [0.1, 0.15) is 0 Å². The van der Waals surface area contributed by atoms with Gasteiger partial charge in [-0.05, 0) is 12.8 Å². The fraction of sp³-hybridized carbons (Fsp3) is 0.700. The maximum atomic E-state index is 10.8. The van der Waals surface area contributed by atoms with E-state index in [4.69, 9.17) is 0 Å². The van der Waals surface area contributed by atoms with Crippen LogP contribution in [0.5, 0.6) is 0 Å². The number of carbonyl (C=O) groups is 1. The smallest absolute Gasteiger partial charge is 0.331 e. The van der Waals surface area contributed by atoms with Crippen LogP contribution in [0.1, 0.15) is 25.7 Å². The second-order valence-electron chi connectivity index (χ2n) is 3.44. The van der Waals surface area contributed by atoms with Crippen LogP contribution < -0.4 is 0 Å². The van der Waals surface area contributed by atoms with Gasteiger partial charge in [-0.1, -0.05) is 12.8 Å². The molecule has 0 atom stereocenters. The van der Waals surface area contributed by atoms with Crippen molar-refractivity contribution >= 4 is 5.97 Å². The zero-order chi connectivity index (χ0) is 9.68. The fourth-order valence-electron chi connectivity index (χ4n) is 1.68. The van der Waals surface area contributed by atoms with Crippen LogP contribution in [-0.2, 0) is 9.53 Å². The van der Waals surface area contributed by atoms with Gasteiger partial charge >= 0.3 is 5.97 Å². The summed E-state index contributed by atoms with van der Waals surface area (Å²) >= 11 is 0. The second kappa shape index (κ2) is 4.90. The summed E-state index contributed by atoms with van der Waals surface area (Å²) in [5.74, 6) is -0.287. The Morgan fingerprint density at radius 3 is 2.62 bits per heavy atom. The van der Waals surface area contributed by atoms with Gasteiger partial charge in [0, 0.05) is 25.4 Å². The van der Waals surface area contributed by atoms with Gasteiger partial charge in [-0.3, -0.25) is 0 Å². The Morgan fingerprint density at radius 2 is 2.08 bits per heavy atom. The van der Waals surface area contributed by atoms with Crippen LogP contribution in [0.15, 0.2) is 12.3 Å². The quantitative estimate of drug-likeness (QED) is 0.491. The molecule has 0 aromatic rings. The molecule has 0 radical (unpaired) electrons. The van der Waals surface area contributed by atoms with Crippen molar-refractivity contribution in [3.05, 3.63) is 12.3 Å². The molecule has 0 aromatic carbocycles. The molecule has 1 rings (SSSR count). The van der Waals surface area contributed by atoms with E-state index in [0.717, 1.165) is 0 Å². The minimum absolute atomic E-state index is 0.287. The molecule has 0 aliphatic heterocycles. The van der Waals surface area contributed by atoms with E-state index in [1.807, 2.05) is 13.2 Å². The van der Waals surface area contributed by atoms with Crippen LogP contribution in [0.25, 0.3) is 0 Å². The van der Waals surface area contributed by atoms with E-state index >= 15 is 0 Å². The van der Waals surface area contributed by atoms with Crippen molar-refractivity contribution in [3.8, 4) is 0 Å². The average Bonchev–Trinajstić information content (AvgIpc) is 2.66. The molecule has 3 nitrogen and oxygen atoms in total. The predicted molar refractivity (Wildman–Crippen MR) is 51.2 cm³/mol. The van der Waals surface area contributed by atoms with Crippen LogP contribution in [-0.4, -0.2) is 31.1 Å². The third-order valence-corrected chi connectivity index (χ3v) is 2.55. The Bertz CT molecular complexity index is 195. The normalized spacial score (nSPS) is 18.0. The number of hydrogen-bond acceptors (Lipinski definition) is 3. The molecule has 0 amide bonds. The maximum Gasteiger partial charge on any atom is 0.331 e. The van der Waals surface area contributed by atoms with E-state index in [2.05, 4.69) is 9.64 Å². The molecule has 1 aliphatic carbocycles. The lowest BCUT2D eigenvalue weighted by Gasteiger charge is -2.21. The van der Waals surface area contributed by atoms with E-state index in [1.165, 1.54) is 38.9 Å². The molecule has 74 valence electrons. The summed E-state index contributed by atoms with van der Waals surface area (Å²) in [6, 6.07) is 0.612. The second-order valence-corrected chi connectivity index (χ2v) is 3.44. The molecule has 3 heteroatoms. The maximum absolute atomic E-state index is 10.8. The number of esters is 1. The Hall–Kier alpha value is -0.990. The molecule has 0 N–H and O–H groups in total. The first-order valence-electron chi connectivity index (χ1n) is 4.72. The number of ether oxygens (including phenoxy) is 1. The van der Waals surface area contributed by atoms with Gasteiger partial charge in [-0.25, -0.2) is 4.79 Å². The summed E-state index contributed by atoms with van der Waals surface area (Å²) in [7, 11) is 3.40. The number of hydrogen-bond donors (Lipinski definition) is 0. The van der Waals surface area contributed by atoms with Gasteiger partial charge in [-0.2, -0.15) is 0 Å². The molecule has 0 heterocycles. The van der Waals surface area contributed by atoms with Crippen LogP contribution in [0, 0.1) is 0 Å². The first-order valence-corrected chi connectivity index (χ1v) is 4.72. The summed E-state index contributed by atoms with van der Waals surface area (Å²) in [5, 5.41) is 0. The Labute approximate surface area is 79.4 Å². The molecule has 0 spiro atoms. The summed E-state index contributed by atoms with van der Waals surface area (Å²) in [6.45, 7) is 0. The van der Waals surface area contributed by atoms with Crippen molar-refractivity contribution in [1.82, 2.24) is 4.90 Å². The largest absolute Gasteiger partial charge is 0.466 e. The van der Waals surface area contributed by atoms with Crippen LogP contribution in [0.3, 0.4) is 0 Å². The highest BCUT2D eigenvalue weighted by Gasteiger charge is 2.16. The van der Waals surface area contributed by atoms with Gasteiger partial charge in [0.15, 0.2) is 0 Å². The molecule has 13 heavy (non-hydrogen) atoms. The van der Waals surface area contributed by atoms with Crippen molar-refractivity contribution in [2.24, 2.45) is 0 Å². The molecular formula is C10H17NO2. The standard InChI is InChI=1S/C10H17NO2/c1-11(8-7-10(12)13-2)9-5-3-4-6-9/h7-9H,3-6H2,1-2H3. The molecule has 0 bridgehead atoms. The SMILES string of the molecule is COC(=O)C=CN(C)C1CCCC1. The van der Waals surface area contributed by atoms with E-state index in [-0.39, 0.29) is 5.97 Å². The average molecular weight is 183 g/mol. The van der Waals surface area contributed by atoms with Crippen molar-refractivity contribution in [3.63, 3.8) is 0 Å². The third-order valence-electron chi connectivity index (χ3n) is 2.55. The van der Waals surface area contributed by atoms with Gasteiger partial charge in [0.05, 0.1) is 7.11 Å². The predicted octanol–water partition coefficient (Wildman–Crippen LogP) is 1.55. The summed E-state index contributed by atoms with van der Waals surface area (Å²) < 4.78 is 4.51. The molecule has 0 saturated heterocycles. The minimum Gasteiger partial charge on any atom is -0.466 e. The summed E-state index contributed by atoms with van der Waals surface area (Å²) in [5.41, 5.74) is 0. The van der Waals surface area contributed by atoms with E-state index < -0.39 is 0 Å². The third kappa shape index (κ3) is 3.09. The van der Waals surface area contributed by atoms with Gasteiger partial charge in [0.2, 0.25) is 0 Å². The van der Waals surface area contributed by atoms with Crippen molar-refractivity contribution in [2.75, 3.05) is 14.2 Å². The topological polar surface area (TPSA) is 29.5 Å². The van der Waals surface area contributed by atoms with Crippen LogP contribution in [0.2, 0.25) is 0 Å². The monoisotopic (exact) mass is 183 g/mol. The van der Waals surface area contributed by atoms with Crippen molar-refractivity contribution in [2.45, 2.75) is 31.7 Å². The van der Waals surface area contributed by atoms with E-state index in [1.54, 1.807) is 0 Å². The number of nitrogens with zero attached hydrogens (tertiary/aromatic N) is 1. The molecule has 1 saturated carbocycles. The van der Waals surface area contributed by atoms with Gasteiger partial charge in [0.25, 0.3) is 0 Å². The lowest BCUT2D eigenvalue weighted by atomic mass is 10.2. The van der Waals surface area contributed by atoms with Crippen molar-refractivity contribution in [1.29, 1.82) is 0 Å². The Balaban J connectivity index is 2.34. The fourth-order valence-corrected chi connectivity index (χ4v) is 1.68. The van der Waals surface area contributed by atoms with Gasteiger partial charge in [-0.15, -0.1) is 0 Å². The minimum atomic E-state index is -0.287. The highest BCUT2D eigenvalue weighted by atomic mass is 16.5. The molecule has 1 aliphatic rings. The zero-order valence-electron chi connectivity index (χ0n) is 8.32. The van der Waals surface area contributed by atoms with Crippen LogP contribution >= 0.6 is 0 Å². The van der Waals surface area contributed by atoms with E-state index in [0.29, 0.717) is 6.04 Å². The Kier molecular flexibility index (Phi) is 3.80. The highest BCUT2D eigenvalue weighted by Crippen LogP contribution is 2.22. The van der Waals surface area contributed by atoms with Gasteiger partial charge < -0.3 is 9.64 Å². The molecule has 0 aromatic heterocycles. The lowest BCUT2D eigenvalue weighted by molar-refractivity contribution is -0.134. The Morgan fingerprint density at radius 1 is 1.46 bits per heavy atom. The number of methoxy groups -OCH3 is 1. The first kappa shape index (κ1) is 10.1. The van der Waals surface area contributed by atoms with Crippen molar-refractivity contribution < 1.29 is 9.53 Å². The zero-order valence-corrected chi connectivity index (χ0v) is 8.32. The number of rotatable bonds is 3.